The van der Waals surface area contributed by atoms with Gasteiger partial charge in [-0.1, -0.05) is 17.7 Å². The molecule has 0 spiro atoms. The molecular formula is C21H16ClFN4O4S2. The number of rotatable bonds is 6. The molecule has 4 rings (SSSR count). The molecule has 1 aliphatic rings. The summed E-state index contributed by atoms with van der Waals surface area (Å²) in [5, 5.41) is 16.2. The van der Waals surface area contributed by atoms with Gasteiger partial charge >= 0.3 is 0 Å². The fourth-order valence-electron chi connectivity index (χ4n) is 3.18. The van der Waals surface area contributed by atoms with Crippen LogP contribution in [0.1, 0.15) is 12.0 Å². The molecule has 0 atom stereocenters. The van der Waals surface area contributed by atoms with Crippen LogP contribution in [0.3, 0.4) is 0 Å². The molecule has 8 nitrogen and oxygen atoms in total. The first-order chi connectivity index (χ1) is 15.7. The van der Waals surface area contributed by atoms with Crippen molar-refractivity contribution in [3.05, 3.63) is 87.2 Å². The summed E-state index contributed by atoms with van der Waals surface area (Å²) in [4.78, 5) is 11.5. The van der Waals surface area contributed by atoms with Crippen molar-refractivity contribution in [2.24, 2.45) is 5.10 Å². The lowest BCUT2D eigenvalue weighted by atomic mass is 10.1. The van der Waals surface area contributed by atoms with Crippen LogP contribution < -0.4 is 10.1 Å². The van der Waals surface area contributed by atoms with E-state index in [0.29, 0.717) is 22.7 Å². The largest absolute Gasteiger partial charge is 0.295 e. The molecule has 0 saturated carbocycles. The minimum absolute atomic E-state index is 0.00499. The Kier molecular flexibility index (Phi) is 6.54. The van der Waals surface area contributed by atoms with Gasteiger partial charge in [-0.15, -0.1) is 11.8 Å². The number of thioether (sulfide) groups is 1. The third kappa shape index (κ3) is 5.27. The van der Waals surface area contributed by atoms with Crippen molar-refractivity contribution in [2.75, 3.05) is 15.9 Å². The summed E-state index contributed by atoms with van der Waals surface area (Å²) >= 11 is 7.45. The minimum Gasteiger partial charge on any atom is -0.280 e. The lowest BCUT2D eigenvalue weighted by Gasteiger charge is -2.17. The number of nitro groups is 1. The second-order valence-electron chi connectivity index (χ2n) is 6.96. The first-order valence-corrected chi connectivity index (χ1v) is 12.4. The van der Waals surface area contributed by atoms with Crippen LogP contribution in [0.15, 0.2) is 75.6 Å². The van der Waals surface area contributed by atoms with E-state index < -0.39 is 26.5 Å². The Morgan fingerprint density at radius 3 is 2.70 bits per heavy atom. The van der Waals surface area contributed by atoms with E-state index in [0.717, 1.165) is 16.7 Å². The van der Waals surface area contributed by atoms with Gasteiger partial charge in [0, 0.05) is 33.7 Å². The molecule has 1 aliphatic heterocycles. The number of hydrazone groups is 1. The highest BCUT2D eigenvalue weighted by Gasteiger charge is 2.23. The van der Waals surface area contributed by atoms with Crippen LogP contribution in [0.4, 0.5) is 21.5 Å². The Hall–Kier alpha value is -3.15. The fraction of sp³-hybridized carbons (Fsp3) is 0.0952. The van der Waals surface area contributed by atoms with E-state index in [1.165, 1.54) is 36.4 Å². The van der Waals surface area contributed by atoms with Gasteiger partial charge < -0.3 is 0 Å². The predicted molar refractivity (Wildman–Crippen MR) is 127 cm³/mol. The molecule has 12 heteroatoms. The molecule has 0 fully saturated rings. The zero-order valence-electron chi connectivity index (χ0n) is 16.8. The molecule has 0 bridgehead atoms. The van der Waals surface area contributed by atoms with Crippen molar-refractivity contribution < 1.29 is 17.7 Å². The Labute approximate surface area is 198 Å². The number of benzene rings is 3. The molecule has 0 aliphatic carbocycles. The number of fused-ring (bicyclic) bond motifs is 1. The SMILES string of the molecule is O=[N+]([O-])c1cc(S(=O)(=O)Nc2cccc(Cl)c2)ccc1N/N=C1/CCSc2ccc(F)cc21. The molecule has 0 saturated heterocycles. The number of halogens is 2. The number of hydrogen-bond acceptors (Lipinski definition) is 7. The highest BCUT2D eigenvalue weighted by Crippen LogP contribution is 2.32. The topological polar surface area (TPSA) is 114 Å². The van der Waals surface area contributed by atoms with Gasteiger partial charge in [-0.2, -0.15) is 5.10 Å². The summed E-state index contributed by atoms with van der Waals surface area (Å²) in [6.07, 6.45) is 0.540. The zero-order chi connectivity index (χ0) is 23.6. The number of sulfonamides is 1. The van der Waals surface area contributed by atoms with Crippen LogP contribution in [0.2, 0.25) is 5.02 Å². The van der Waals surface area contributed by atoms with E-state index in [4.69, 9.17) is 11.6 Å². The van der Waals surface area contributed by atoms with Gasteiger partial charge in [0.2, 0.25) is 0 Å². The van der Waals surface area contributed by atoms with Crippen LogP contribution in [-0.2, 0) is 10.0 Å². The second-order valence-corrected chi connectivity index (χ2v) is 10.2. The van der Waals surface area contributed by atoms with Crippen molar-refractivity contribution in [2.45, 2.75) is 16.2 Å². The standard InChI is InChI=1S/C21H16ClFN4O4S2/c22-13-2-1-3-15(10-13)26-33(30,31)16-5-6-19(20(12-16)27(28)29)25-24-18-8-9-32-21-7-4-14(23)11-17(18)21/h1-7,10-12,25-26H,8-9H2/b24-18-. The molecule has 2 N–H and O–H groups in total. The second kappa shape index (κ2) is 9.38. The Morgan fingerprint density at radius 1 is 1.12 bits per heavy atom. The molecule has 3 aromatic carbocycles. The maximum absolute atomic E-state index is 13.7. The number of anilines is 2. The molecule has 170 valence electrons. The van der Waals surface area contributed by atoms with Crippen molar-refractivity contribution in [1.82, 2.24) is 0 Å². The van der Waals surface area contributed by atoms with Gasteiger partial charge in [0.05, 0.1) is 21.2 Å². The zero-order valence-corrected chi connectivity index (χ0v) is 19.2. The van der Waals surface area contributed by atoms with Crippen molar-refractivity contribution in [3.63, 3.8) is 0 Å². The fourth-order valence-corrected chi connectivity index (χ4v) is 5.45. The number of nitrogens with one attached hydrogen (secondary N) is 2. The molecule has 33 heavy (non-hydrogen) atoms. The monoisotopic (exact) mass is 506 g/mol. The van der Waals surface area contributed by atoms with Crippen LogP contribution in [-0.4, -0.2) is 24.8 Å². The van der Waals surface area contributed by atoms with Gasteiger partial charge in [0.15, 0.2) is 0 Å². The molecule has 0 aromatic heterocycles. The molecule has 0 unspecified atom stereocenters. The summed E-state index contributed by atoms with van der Waals surface area (Å²) in [6, 6.07) is 13.9. The lowest BCUT2D eigenvalue weighted by Crippen LogP contribution is -2.14. The van der Waals surface area contributed by atoms with Crippen LogP contribution in [0, 0.1) is 15.9 Å². The highest BCUT2D eigenvalue weighted by atomic mass is 35.5. The van der Waals surface area contributed by atoms with E-state index in [1.807, 2.05) is 0 Å². The molecular weight excluding hydrogens is 491 g/mol. The van der Waals surface area contributed by atoms with Crippen molar-refractivity contribution in [3.8, 4) is 0 Å². The highest BCUT2D eigenvalue weighted by molar-refractivity contribution is 7.99. The number of nitrogens with zero attached hydrogens (tertiary/aromatic N) is 2. The van der Waals surface area contributed by atoms with Gasteiger partial charge in [0.1, 0.15) is 11.5 Å². The summed E-state index contributed by atoms with van der Waals surface area (Å²) in [5.74, 6) is 0.324. The Morgan fingerprint density at radius 2 is 1.94 bits per heavy atom. The van der Waals surface area contributed by atoms with Gasteiger partial charge in [-0.25, -0.2) is 12.8 Å². The number of nitro benzene ring substituents is 1. The minimum atomic E-state index is -4.10. The van der Waals surface area contributed by atoms with Gasteiger partial charge in [0.25, 0.3) is 15.7 Å². The normalized spacial score (nSPS) is 14.5. The molecule has 1 heterocycles. The van der Waals surface area contributed by atoms with Crippen LogP contribution >= 0.6 is 23.4 Å². The average Bonchev–Trinajstić information content (AvgIpc) is 2.77. The van der Waals surface area contributed by atoms with Gasteiger partial charge in [-0.3, -0.25) is 20.3 Å². The number of hydrogen-bond donors (Lipinski definition) is 2. The van der Waals surface area contributed by atoms with Crippen molar-refractivity contribution in [1.29, 1.82) is 0 Å². The average molecular weight is 507 g/mol. The Bertz CT molecular complexity index is 1380. The molecule has 0 radical (unpaired) electrons. The van der Waals surface area contributed by atoms with E-state index in [-0.39, 0.29) is 16.3 Å². The van der Waals surface area contributed by atoms with Crippen molar-refractivity contribution >= 4 is 56.2 Å². The summed E-state index contributed by atoms with van der Waals surface area (Å²) < 4.78 is 41.5. The predicted octanol–water partition coefficient (Wildman–Crippen LogP) is 5.50. The molecule has 3 aromatic rings. The van der Waals surface area contributed by atoms with E-state index >= 15 is 0 Å². The third-order valence-corrected chi connectivity index (χ3v) is 7.40. The lowest BCUT2D eigenvalue weighted by molar-refractivity contribution is -0.384. The summed E-state index contributed by atoms with van der Waals surface area (Å²) in [5.41, 5.74) is 3.56. The van der Waals surface area contributed by atoms with Crippen LogP contribution in [0.25, 0.3) is 0 Å². The Balaban J connectivity index is 1.63. The maximum Gasteiger partial charge on any atom is 0.295 e. The summed E-state index contributed by atoms with van der Waals surface area (Å²) in [7, 11) is -4.10. The van der Waals surface area contributed by atoms with Crippen LogP contribution in [0.5, 0.6) is 0 Å². The smallest absolute Gasteiger partial charge is 0.280 e. The maximum atomic E-state index is 13.7. The third-order valence-electron chi connectivity index (χ3n) is 4.71. The first-order valence-electron chi connectivity index (χ1n) is 9.55. The first kappa shape index (κ1) is 23.0. The summed E-state index contributed by atoms with van der Waals surface area (Å²) in [6.45, 7) is 0. The van der Waals surface area contributed by atoms with E-state index in [2.05, 4.69) is 15.2 Å². The quantitative estimate of drug-likeness (QED) is 0.337. The van der Waals surface area contributed by atoms with Gasteiger partial charge in [-0.05, 0) is 48.5 Å². The van der Waals surface area contributed by atoms with E-state index in [1.54, 1.807) is 30.0 Å². The molecule has 0 amide bonds. The van der Waals surface area contributed by atoms with E-state index in [9.17, 15) is 22.9 Å².